The van der Waals surface area contributed by atoms with Gasteiger partial charge in [0.2, 0.25) is 0 Å². The summed E-state index contributed by atoms with van der Waals surface area (Å²) in [7, 11) is 0. The van der Waals surface area contributed by atoms with Gasteiger partial charge in [0.05, 0.1) is 6.54 Å². The number of carbonyl (C=O) groups excluding carboxylic acids is 1. The maximum atomic E-state index is 12.6. The Morgan fingerprint density at radius 1 is 1.12 bits per heavy atom. The van der Waals surface area contributed by atoms with E-state index in [2.05, 4.69) is 15.4 Å². The molecule has 6 nitrogen and oxygen atoms in total. The van der Waals surface area contributed by atoms with E-state index in [1.54, 1.807) is 17.1 Å². The average Bonchev–Trinajstić information content (AvgIpc) is 3.10. The highest BCUT2D eigenvalue weighted by Gasteiger charge is 2.11. The molecular formula is C18H18N4O2. The highest BCUT2D eigenvalue weighted by molar-refractivity contribution is 6.05. The number of aliphatic hydroxyl groups excluding tert-OH is 1. The van der Waals surface area contributed by atoms with E-state index in [1.165, 1.54) is 6.33 Å². The second kappa shape index (κ2) is 7.52. The Kier molecular flexibility index (Phi) is 4.98. The van der Waals surface area contributed by atoms with Crippen molar-refractivity contribution in [1.29, 1.82) is 0 Å². The first-order valence-electron chi connectivity index (χ1n) is 7.68. The molecule has 2 N–H and O–H groups in total. The van der Waals surface area contributed by atoms with Gasteiger partial charge in [0.25, 0.3) is 5.91 Å². The highest BCUT2D eigenvalue weighted by atomic mass is 16.3. The van der Waals surface area contributed by atoms with E-state index in [0.29, 0.717) is 18.5 Å². The van der Waals surface area contributed by atoms with Gasteiger partial charge in [0.15, 0.2) is 0 Å². The molecule has 0 spiro atoms. The van der Waals surface area contributed by atoms with Gasteiger partial charge in [0, 0.05) is 17.9 Å². The number of aliphatic hydroxyl groups is 1. The fourth-order valence-electron chi connectivity index (χ4n) is 2.45. The molecule has 6 heteroatoms. The van der Waals surface area contributed by atoms with Gasteiger partial charge in [0.1, 0.15) is 12.7 Å². The summed E-state index contributed by atoms with van der Waals surface area (Å²) >= 11 is 0. The van der Waals surface area contributed by atoms with Crippen molar-refractivity contribution in [2.45, 2.75) is 13.0 Å². The summed E-state index contributed by atoms with van der Waals surface area (Å²) in [5.74, 6) is -0.166. The van der Waals surface area contributed by atoms with Gasteiger partial charge in [-0.15, -0.1) is 0 Å². The Bertz CT molecular complexity index is 798. The van der Waals surface area contributed by atoms with Crippen LogP contribution in [0.5, 0.6) is 0 Å². The maximum Gasteiger partial charge on any atom is 0.256 e. The largest absolute Gasteiger partial charge is 0.396 e. The number of benzene rings is 2. The number of anilines is 1. The van der Waals surface area contributed by atoms with Crippen LogP contribution in [0.4, 0.5) is 5.69 Å². The van der Waals surface area contributed by atoms with Crippen molar-refractivity contribution < 1.29 is 9.90 Å². The molecule has 0 radical (unpaired) electrons. The first kappa shape index (κ1) is 15.9. The number of hydrogen-bond acceptors (Lipinski definition) is 4. The molecular weight excluding hydrogens is 304 g/mol. The lowest BCUT2D eigenvalue weighted by atomic mass is 10.1. The number of carbonyl (C=O) groups is 1. The van der Waals surface area contributed by atoms with Crippen LogP contribution in [0.1, 0.15) is 21.5 Å². The molecule has 0 aliphatic carbocycles. The SMILES string of the molecule is O=C(Nc1ccc(CCO)cc1)c1ccccc1Cn1cncn1. The van der Waals surface area contributed by atoms with E-state index in [-0.39, 0.29) is 12.5 Å². The molecule has 1 aromatic heterocycles. The monoisotopic (exact) mass is 322 g/mol. The van der Waals surface area contributed by atoms with Gasteiger partial charge in [-0.2, -0.15) is 5.10 Å². The van der Waals surface area contributed by atoms with Gasteiger partial charge in [-0.05, 0) is 35.7 Å². The van der Waals surface area contributed by atoms with Crippen LogP contribution in [0.25, 0.3) is 0 Å². The zero-order valence-corrected chi connectivity index (χ0v) is 13.1. The normalized spacial score (nSPS) is 10.5. The van der Waals surface area contributed by atoms with Gasteiger partial charge >= 0.3 is 0 Å². The second-order valence-corrected chi connectivity index (χ2v) is 5.37. The molecule has 0 fully saturated rings. The minimum absolute atomic E-state index is 0.112. The summed E-state index contributed by atoms with van der Waals surface area (Å²) in [6.45, 7) is 0.598. The van der Waals surface area contributed by atoms with Crippen LogP contribution in [0.3, 0.4) is 0 Å². The molecule has 3 aromatic rings. The summed E-state index contributed by atoms with van der Waals surface area (Å²) in [5, 5.41) is 15.9. The van der Waals surface area contributed by atoms with Crippen molar-refractivity contribution >= 4 is 11.6 Å². The van der Waals surface area contributed by atoms with Crippen molar-refractivity contribution in [3.8, 4) is 0 Å². The number of nitrogens with zero attached hydrogens (tertiary/aromatic N) is 3. The van der Waals surface area contributed by atoms with Crippen LogP contribution in [0.2, 0.25) is 0 Å². The molecule has 0 saturated carbocycles. The van der Waals surface area contributed by atoms with Gasteiger partial charge in [-0.1, -0.05) is 30.3 Å². The van der Waals surface area contributed by atoms with Crippen molar-refractivity contribution in [2.24, 2.45) is 0 Å². The topological polar surface area (TPSA) is 80.0 Å². The average molecular weight is 322 g/mol. The molecule has 0 aliphatic rings. The van der Waals surface area contributed by atoms with Crippen LogP contribution in [0, 0.1) is 0 Å². The smallest absolute Gasteiger partial charge is 0.256 e. The van der Waals surface area contributed by atoms with E-state index in [4.69, 9.17) is 5.11 Å². The van der Waals surface area contributed by atoms with E-state index in [1.807, 2.05) is 42.5 Å². The van der Waals surface area contributed by atoms with Crippen molar-refractivity contribution in [3.05, 3.63) is 77.9 Å². The zero-order valence-electron chi connectivity index (χ0n) is 13.1. The predicted molar refractivity (Wildman–Crippen MR) is 90.8 cm³/mol. The summed E-state index contributed by atoms with van der Waals surface area (Å²) in [6.07, 6.45) is 3.69. The lowest BCUT2D eigenvalue weighted by Crippen LogP contribution is -2.15. The summed E-state index contributed by atoms with van der Waals surface area (Å²) in [5.41, 5.74) is 3.23. The van der Waals surface area contributed by atoms with E-state index >= 15 is 0 Å². The van der Waals surface area contributed by atoms with Crippen LogP contribution < -0.4 is 5.32 Å². The molecule has 0 atom stereocenters. The standard InChI is InChI=1S/C18H18N4O2/c23-10-9-14-5-7-16(8-6-14)21-18(24)17-4-2-1-3-15(17)11-22-13-19-12-20-22/h1-8,12-13,23H,9-11H2,(H,21,24). The van der Waals surface area contributed by atoms with Crippen LogP contribution in [-0.4, -0.2) is 32.4 Å². The molecule has 0 unspecified atom stereocenters. The lowest BCUT2D eigenvalue weighted by Gasteiger charge is -2.10. The van der Waals surface area contributed by atoms with Crippen molar-refractivity contribution in [2.75, 3.05) is 11.9 Å². The lowest BCUT2D eigenvalue weighted by molar-refractivity contribution is 0.102. The third kappa shape index (κ3) is 3.85. The fourth-order valence-corrected chi connectivity index (χ4v) is 2.45. The highest BCUT2D eigenvalue weighted by Crippen LogP contribution is 2.15. The molecule has 3 rings (SSSR count). The van der Waals surface area contributed by atoms with Gasteiger partial charge in [-0.25, -0.2) is 9.67 Å². The zero-order chi connectivity index (χ0) is 16.8. The minimum Gasteiger partial charge on any atom is -0.396 e. The van der Waals surface area contributed by atoms with E-state index in [9.17, 15) is 4.79 Å². The Morgan fingerprint density at radius 2 is 1.92 bits per heavy atom. The fraction of sp³-hybridized carbons (Fsp3) is 0.167. The van der Waals surface area contributed by atoms with Gasteiger partial charge in [-0.3, -0.25) is 4.79 Å². The van der Waals surface area contributed by atoms with Crippen LogP contribution >= 0.6 is 0 Å². The Morgan fingerprint density at radius 3 is 2.62 bits per heavy atom. The summed E-state index contributed by atoms with van der Waals surface area (Å²) in [6, 6.07) is 14.9. The van der Waals surface area contributed by atoms with Crippen LogP contribution in [-0.2, 0) is 13.0 Å². The predicted octanol–water partition coefficient (Wildman–Crippen LogP) is 2.11. The van der Waals surface area contributed by atoms with Crippen LogP contribution in [0.15, 0.2) is 61.2 Å². The number of aromatic nitrogens is 3. The molecule has 1 amide bonds. The second-order valence-electron chi connectivity index (χ2n) is 5.37. The summed E-state index contributed by atoms with van der Waals surface area (Å²) in [4.78, 5) is 16.5. The van der Waals surface area contributed by atoms with E-state index in [0.717, 1.165) is 16.8 Å². The maximum absolute atomic E-state index is 12.6. The first-order chi connectivity index (χ1) is 11.8. The first-order valence-corrected chi connectivity index (χ1v) is 7.68. The molecule has 2 aromatic carbocycles. The van der Waals surface area contributed by atoms with Crippen molar-refractivity contribution in [1.82, 2.24) is 14.8 Å². The third-order valence-electron chi connectivity index (χ3n) is 3.67. The Balaban J connectivity index is 1.75. The Hall–Kier alpha value is -2.99. The van der Waals surface area contributed by atoms with E-state index < -0.39 is 0 Å². The minimum atomic E-state index is -0.166. The van der Waals surface area contributed by atoms with Crippen molar-refractivity contribution in [3.63, 3.8) is 0 Å². The van der Waals surface area contributed by atoms with Gasteiger partial charge < -0.3 is 10.4 Å². The molecule has 0 aliphatic heterocycles. The number of nitrogens with one attached hydrogen (secondary N) is 1. The molecule has 122 valence electrons. The number of amides is 1. The molecule has 0 bridgehead atoms. The number of hydrogen-bond donors (Lipinski definition) is 2. The third-order valence-corrected chi connectivity index (χ3v) is 3.67. The molecule has 0 saturated heterocycles. The number of rotatable bonds is 6. The molecule has 24 heavy (non-hydrogen) atoms. The summed E-state index contributed by atoms with van der Waals surface area (Å²) < 4.78 is 1.68. The molecule has 1 heterocycles. The Labute approximate surface area is 139 Å². The quantitative estimate of drug-likeness (QED) is 0.728.